The van der Waals surface area contributed by atoms with Gasteiger partial charge >= 0.3 is 0 Å². The zero-order valence-electron chi connectivity index (χ0n) is 11.6. The van der Waals surface area contributed by atoms with Crippen molar-refractivity contribution in [1.82, 2.24) is 4.90 Å². The van der Waals surface area contributed by atoms with E-state index < -0.39 is 11.9 Å². The van der Waals surface area contributed by atoms with Gasteiger partial charge in [0.2, 0.25) is 11.8 Å². The maximum absolute atomic E-state index is 13.2. The van der Waals surface area contributed by atoms with Crippen molar-refractivity contribution in [1.29, 1.82) is 0 Å². The molecule has 2 rings (SSSR count). The number of thioether (sulfide) groups is 1. The molecule has 0 unspecified atom stereocenters. The van der Waals surface area contributed by atoms with Crippen LogP contribution in [0.5, 0.6) is 0 Å². The molecule has 1 aliphatic heterocycles. The lowest BCUT2D eigenvalue weighted by Crippen LogP contribution is -2.44. The first-order valence-electron chi connectivity index (χ1n) is 6.66. The van der Waals surface area contributed by atoms with Crippen molar-refractivity contribution >= 4 is 40.9 Å². The Morgan fingerprint density at radius 1 is 1.52 bits per heavy atom. The Bertz CT molecular complexity index is 556. The van der Waals surface area contributed by atoms with Crippen LogP contribution in [-0.4, -0.2) is 34.4 Å². The van der Waals surface area contributed by atoms with Crippen LogP contribution in [0.15, 0.2) is 18.2 Å². The highest BCUT2D eigenvalue weighted by molar-refractivity contribution is 7.99. The van der Waals surface area contributed by atoms with E-state index >= 15 is 0 Å². The first kappa shape index (κ1) is 16.1. The minimum absolute atomic E-state index is 0.0343. The second-order valence-electron chi connectivity index (χ2n) is 4.74. The molecular formula is C14H16ClFN2O2S. The molecule has 0 aromatic heterocycles. The van der Waals surface area contributed by atoms with E-state index in [0.717, 1.165) is 6.42 Å². The van der Waals surface area contributed by atoms with E-state index in [4.69, 9.17) is 11.6 Å². The Labute approximate surface area is 132 Å². The minimum Gasteiger partial charge on any atom is -0.323 e. The van der Waals surface area contributed by atoms with E-state index in [-0.39, 0.29) is 22.5 Å². The summed E-state index contributed by atoms with van der Waals surface area (Å²) in [5.74, 6) is 0.196. The van der Waals surface area contributed by atoms with Crippen LogP contribution in [0.4, 0.5) is 10.1 Å². The van der Waals surface area contributed by atoms with Gasteiger partial charge in [-0.2, -0.15) is 0 Å². The highest BCUT2D eigenvalue weighted by atomic mass is 35.5. The van der Waals surface area contributed by atoms with Crippen LogP contribution in [0, 0.1) is 5.82 Å². The minimum atomic E-state index is -0.534. The molecule has 1 fully saturated rings. The molecule has 0 aliphatic carbocycles. The molecule has 1 aliphatic rings. The van der Waals surface area contributed by atoms with Crippen molar-refractivity contribution < 1.29 is 14.0 Å². The molecule has 2 amide bonds. The molecule has 0 spiro atoms. The molecular weight excluding hydrogens is 315 g/mol. The number of anilines is 1. The second-order valence-corrected chi connectivity index (χ2v) is 6.15. The van der Waals surface area contributed by atoms with Crippen LogP contribution in [-0.2, 0) is 9.59 Å². The summed E-state index contributed by atoms with van der Waals surface area (Å²) in [5.41, 5.74) is 0.224. The summed E-state index contributed by atoms with van der Waals surface area (Å²) in [4.78, 5) is 25.8. The van der Waals surface area contributed by atoms with Crippen molar-refractivity contribution in [3.05, 3.63) is 29.0 Å². The van der Waals surface area contributed by atoms with Crippen molar-refractivity contribution in [3.63, 3.8) is 0 Å². The molecule has 0 bridgehead atoms. The lowest BCUT2D eigenvalue weighted by atomic mass is 10.2. The summed E-state index contributed by atoms with van der Waals surface area (Å²) >= 11 is 7.46. The molecule has 1 heterocycles. The van der Waals surface area contributed by atoms with Gasteiger partial charge in [-0.15, -0.1) is 11.8 Å². The van der Waals surface area contributed by atoms with Gasteiger partial charge in [0.05, 0.1) is 16.6 Å². The average Bonchev–Trinajstić information content (AvgIpc) is 2.92. The Balaban J connectivity index is 2.08. The molecule has 0 radical (unpaired) electrons. The summed E-state index contributed by atoms with van der Waals surface area (Å²) in [5, 5.41) is 2.87. The fourth-order valence-electron chi connectivity index (χ4n) is 2.07. The molecule has 1 atom stereocenters. The van der Waals surface area contributed by atoms with Gasteiger partial charge in [0, 0.05) is 12.2 Å². The maximum Gasteiger partial charge on any atom is 0.248 e. The third-order valence-corrected chi connectivity index (χ3v) is 4.50. The van der Waals surface area contributed by atoms with Crippen molar-refractivity contribution in [3.8, 4) is 0 Å². The standard InChI is InChI=1S/C14H16ClFN2O2S/c1-2-3-13(19)18-8-21-7-12(18)14(20)17-11-6-9(16)4-5-10(11)15/h4-6,12H,2-3,7-8H2,1H3,(H,17,20)/t12-/m1/s1. The number of rotatable bonds is 4. The van der Waals surface area contributed by atoms with Gasteiger partial charge in [0.15, 0.2) is 0 Å². The van der Waals surface area contributed by atoms with Crippen LogP contribution in [0.2, 0.25) is 5.02 Å². The summed E-state index contributed by atoms with van der Waals surface area (Å²) in [6.07, 6.45) is 1.16. The van der Waals surface area contributed by atoms with E-state index in [0.29, 0.717) is 18.1 Å². The number of nitrogens with zero attached hydrogens (tertiary/aromatic N) is 1. The number of amides is 2. The Kier molecular flexibility index (Phi) is 5.47. The molecule has 7 heteroatoms. The summed E-state index contributed by atoms with van der Waals surface area (Å²) < 4.78 is 13.2. The van der Waals surface area contributed by atoms with Crippen LogP contribution in [0.25, 0.3) is 0 Å². The number of nitrogens with one attached hydrogen (secondary N) is 1. The molecule has 114 valence electrons. The number of hydrogen-bond donors (Lipinski definition) is 1. The van der Waals surface area contributed by atoms with Gasteiger partial charge < -0.3 is 10.2 Å². The van der Waals surface area contributed by atoms with E-state index in [9.17, 15) is 14.0 Å². The summed E-state index contributed by atoms with van der Waals surface area (Å²) in [6, 6.07) is 3.24. The predicted molar refractivity (Wildman–Crippen MR) is 82.9 cm³/mol. The fraction of sp³-hybridized carbons (Fsp3) is 0.429. The van der Waals surface area contributed by atoms with Gasteiger partial charge in [-0.05, 0) is 24.6 Å². The Morgan fingerprint density at radius 3 is 3.00 bits per heavy atom. The van der Waals surface area contributed by atoms with E-state index in [2.05, 4.69) is 5.32 Å². The predicted octanol–water partition coefficient (Wildman–Crippen LogP) is 3.12. The third-order valence-electron chi connectivity index (χ3n) is 3.16. The van der Waals surface area contributed by atoms with E-state index in [1.807, 2.05) is 6.92 Å². The highest BCUT2D eigenvalue weighted by Crippen LogP contribution is 2.26. The number of carbonyl (C=O) groups excluding carboxylic acids is 2. The number of halogens is 2. The maximum atomic E-state index is 13.2. The van der Waals surface area contributed by atoms with Gasteiger partial charge in [0.25, 0.3) is 0 Å². The van der Waals surface area contributed by atoms with Crippen LogP contribution in [0.3, 0.4) is 0 Å². The van der Waals surface area contributed by atoms with Crippen LogP contribution in [0.1, 0.15) is 19.8 Å². The van der Waals surface area contributed by atoms with Crippen LogP contribution >= 0.6 is 23.4 Å². The van der Waals surface area contributed by atoms with Gasteiger partial charge in [-0.1, -0.05) is 18.5 Å². The van der Waals surface area contributed by atoms with E-state index in [1.165, 1.54) is 30.0 Å². The number of benzene rings is 1. The monoisotopic (exact) mass is 330 g/mol. The first-order valence-corrected chi connectivity index (χ1v) is 8.19. The van der Waals surface area contributed by atoms with E-state index in [1.54, 1.807) is 4.90 Å². The average molecular weight is 331 g/mol. The normalized spacial score (nSPS) is 17.9. The fourth-order valence-corrected chi connectivity index (χ4v) is 3.42. The number of hydrogen-bond acceptors (Lipinski definition) is 3. The van der Waals surface area contributed by atoms with Crippen molar-refractivity contribution in [2.75, 3.05) is 16.9 Å². The molecule has 21 heavy (non-hydrogen) atoms. The zero-order valence-corrected chi connectivity index (χ0v) is 13.1. The Morgan fingerprint density at radius 2 is 2.29 bits per heavy atom. The lowest BCUT2D eigenvalue weighted by Gasteiger charge is -2.23. The lowest BCUT2D eigenvalue weighted by molar-refractivity contribution is -0.136. The smallest absolute Gasteiger partial charge is 0.248 e. The largest absolute Gasteiger partial charge is 0.323 e. The van der Waals surface area contributed by atoms with Crippen molar-refractivity contribution in [2.24, 2.45) is 0 Å². The molecule has 1 N–H and O–H groups in total. The molecule has 1 aromatic carbocycles. The SMILES string of the molecule is CCCC(=O)N1CSC[C@@H]1C(=O)Nc1cc(F)ccc1Cl. The van der Waals surface area contributed by atoms with Crippen LogP contribution < -0.4 is 5.32 Å². The zero-order chi connectivity index (χ0) is 15.4. The van der Waals surface area contributed by atoms with Gasteiger partial charge in [0.1, 0.15) is 11.9 Å². The summed E-state index contributed by atoms with van der Waals surface area (Å²) in [7, 11) is 0. The second kappa shape index (κ2) is 7.13. The molecule has 1 saturated heterocycles. The van der Waals surface area contributed by atoms with Gasteiger partial charge in [-0.25, -0.2) is 4.39 Å². The molecule has 0 saturated carbocycles. The number of carbonyl (C=O) groups is 2. The summed E-state index contributed by atoms with van der Waals surface area (Å²) in [6.45, 7) is 1.92. The first-order chi connectivity index (χ1) is 10.0. The molecule has 4 nitrogen and oxygen atoms in total. The molecule has 1 aromatic rings. The quantitative estimate of drug-likeness (QED) is 0.922. The Hall–Kier alpha value is -1.27. The highest BCUT2D eigenvalue weighted by Gasteiger charge is 2.34. The van der Waals surface area contributed by atoms with Crippen molar-refractivity contribution in [2.45, 2.75) is 25.8 Å². The topological polar surface area (TPSA) is 49.4 Å². The van der Waals surface area contributed by atoms with Gasteiger partial charge in [-0.3, -0.25) is 9.59 Å². The third kappa shape index (κ3) is 3.89.